The number of primary amides is 1. The summed E-state index contributed by atoms with van der Waals surface area (Å²) in [6.45, 7) is 2.73. The number of benzene rings is 1. The van der Waals surface area contributed by atoms with E-state index in [0.29, 0.717) is 12.4 Å². The van der Waals surface area contributed by atoms with E-state index >= 15 is 0 Å². The smallest absolute Gasteiger partial charge is 0.281 e. The second kappa shape index (κ2) is 6.29. The first-order chi connectivity index (χ1) is 11.1. The molecular formula is C16H17N5OS. The third-order valence-corrected chi connectivity index (χ3v) is 4.23. The molecule has 3 aromatic rings. The lowest BCUT2D eigenvalue weighted by atomic mass is 10.1. The van der Waals surface area contributed by atoms with Gasteiger partial charge in [0.2, 0.25) is 0 Å². The van der Waals surface area contributed by atoms with Crippen LogP contribution in [-0.2, 0) is 6.54 Å². The van der Waals surface area contributed by atoms with Crippen LogP contribution in [0.2, 0.25) is 0 Å². The van der Waals surface area contributed by atoms with E-state index in [2.05, 4.69) is 40.4 Å². The second-order valence-electron chi connectivity index (χ2n) is 5.20. The van der Waals surface area contributed by atoms with Crippen LogP contribution in [-0.4, -0.2) is 26.8 Å². The molecule has 118 valence electrons. The van der Waals surface area contributed by atoms with Gasteiger partial charge in [0, 0.05) is 24.7 Å². The maximum absolute atomic E-state index is 11.3. The minimum Gasteiger partial charge on any atom is -0.372 e. The minimum atomic E-state index is -0.453. The molecule has 1 aromatic carbocycles. The summed E-state index contributed by atoms with van der Waals surface area (Å²) in [6, 6.07) is 8.29. The van der Waals surface area contributed by atoms with Crippen molar-refractivity contribution in [1.82, 2.24) is 14.5 Å². The van der Waals surface area contributed by atoms with Gasteiger partial charge in [-0.3, -0.25) is 4.79 Å². The van der Waals surface area contributed by atoms with Crippen molar-refractivity contribution in [2.75, 3.05) is 12.4 Å². The number of rotatable bonds is 4. The fourth-order valence-corrected chi connectivity index (χ4v) is 3.28. The van der Waals surface area contributed by atoms with Crippen LogP contribution >= 0.6 is 11.8 Å². The number of nitrogens with two attached hydrogens (primary N) is 1. The number of hydrogen-bond acceptors (Lipinski definition) is 5. The van der Waals surface area contributed by atoms with E-state index in [1.807, 2.05) is 16.8 Å². The molecule has 0 aliphatic carbocycles. The van der Waals surface area contributed by atoms with Crippen molar-refractivity contribution in [2.24, 2.45) is 5.73 Å². The molecule has 0 atom stereocenters. The van der Waals surface area contributed by atoms with Crippen LogP contribution in [0.3, 0.4) is 0 Å². The molecule has 0 spiro atoms. The first kappa shape index (κ1) is 15.4. The summed E-state index contributed by atoms with van der Waals surface area (Å²) in [4.78, 5) is 20.7. The number of aryl methyl sites for hydroxylation is 1. The Labute approximate surface area is 138 Å². The average molecular weight is 327 g/mol. The van der Waals surface area contributed by atoms with E-state index in [-0.39, 0.29) is 0 Å². The van der Waals surface area contributed by atoms with Crippen LogP contribution < -0.4 is 11.1 Å². The van der Waals surface area contributed by atoms with Gasteiger partial charge in [-0.1, -0.05) is 29.8 Å². The Morgan fingerprint density at radius 1 is 1.39 bits per heavy atom. The average Bonchev–Trinajstić information content (AvgIpc) is 2.84. The summed E-state index contributed by atoms with van der Waals surface area (Å²) in [6.07, 6.45) is 3.41. The molecule has 2 aromatic heterocycles. The van der Waals surface area contributed by atoms with Gasteiger partial charge in [0.15, 0.2) is 0 Å². The molecule has 1 amide bonds. The Balaban J connectivity index is 2.11. The molecule has 0 bridgehead atoms. The van der Waals surface area contributed by atoms with Crippen molar-refractivity contribution in [3.05, 3.63) is 47.9 Å². The summed E-state index contributed by atoms with van der Waals surface area (Å²) in [5.41, 5.74) is 8.49. The summed E-state index contributed by atoms with van der Waals surface area (Å²) >= 11 is 0.990. The Bertz CT molecular complexity index is 874. The third-order valence-electron chi connectivity index (χ3n) is 3.50. The van der Waals surface area contributed by atoms with E-state index in [0.717, 1.165) is 27.7 Å². The molecule has 0 saturated heterocycles. The summed E-state index contributed by atoms with van der Waals surface area (Å²) in [7, 11) is 1.79. The van der Waals surface area contributed by atoms with Gasteiger partial charge in [-0.25, -0.2) is 9.97 Å². The molecule has 2 heterocycles. The zero-order valence-corrected chi connectivity index (χ0v) is 13.7. The minimum absolute atomic E-state index is 0.453. The fourth-order valence-electron chi connectivity index (χ4n) is 2.59. The van der Waals surface area contributed by atoms with E-state index < -0.39 is 5.24 Å². The van der Waals surface area contributed by atoms with Gasteiger partial charge in [-0.05, 0) is 24.2 Å². The lowest BCUT2D eigenvalue weighted by molar-refractivity contribution is 0.267. The van der Waals surface area contributed by atoms with Crippen LogP contribution in [0.25, 0.3) is 11.0 Å². The van der Waals surface area contributed by atoms with E-state index in [1.54, 1.807) is 7.05 Å². The van der Waals surface area contributed by atoms with E-state index in [4.69, 9.17) is 5.73 Å². The highest BCUT2D eigenvalue weighted by Crippen LogP contribution is 2.33. The van der Waals surface area contributed by atoms with Crippen LogP contribution in [0, 0.1) is 6.92 Å². The van der Waals surface area contributed by atoms with E-state index in [1.165, 1.54) is 17.5 Å². The molecule has 6 nitrogen and oxygen atoms in total. The topological polar surface area (TPSA) is 85.8 Å². The third kappa shape index (κ3) is 3.14. The maximum atomic E-state index is 11.3. The Kier molecular flexibility index (Phi) is 4.20. The molecule has 7 heteroatoms. The van der Waals surface area contributed by atoms with Gasteiger partial charge in [0.05, 0.1) is 5.39 Å². The van der Waals surface area contributed by atoms with Crippen molar-refractivity contribution in [3.63, 3.8) is 0 Å². The van der Waals surface area contributed by atoms with E-state index in [9.17, 15) is 4.79 Å². The van der Waals surface area contributed by atoms with Gasteiger partial charge < -0.3 is 15.6 Å². The van der Waals surface area contributed by atoms with Crippen molar-refractivity contribution < 1.29 is 4.79 Å². The van der Waals surface area contributed by atoms with Gasteiger partial charge in [-0.2, -0.15) is 0 Å². The largest absolute Gasteiger partial charge is 0.372 e. The van der Waals surface area contributed by atoms with Crippen LogP contribution in [0.4, 0.5) is 10.6 Å². The molecule has 0 saturated carbocycles. The SMILES string of the molecule is CNc1ncnc2c1c(SC(N)=O)cn2Cc1cccc(C)c1. The number of thioether (sulfide) groups is 1. The van der Waals surface area contributed by atoms with Crippen molar-refractivity contribution >= 4 is 33.9 Å². The van der Waals surface area contributed by atoms with Gasteiger partial charge in [-0.15, -0.1) is 0 Å². The molecule has 3 N–H and O–H groups in total. The number of nitrogens with zero attached hydrogens (tertiary/aromatic N) is 3. The first-order valence-corrected chi connectivity index (χ1v) is 7.94. The number of carbonyl (C=O) groups excluding carboxylic acids is 1. The zero-order valence-electron chi connectivity index (χ0n) is 12.9. The monoisotopic (exact) mass is 327 g/mol. The second-order valence-corrected chi connectivity index (χ2v) is 6.25. The number of amides is 1. The fraction of sp³-hybridized carbons (Fsp3) is 0.188. The number of hydrogen-bond donors (Lipinski definition) is 2. The van der Waals surface area contributed by atoms with Gasteiger partial charge in [0.1, 0.15) is 17.8 Å². The number of aromatic nitrogens is 3. The van der Waals surface area contributed by atoms with Crippen molar-refractivity contribution in [2.45, 2.75) is 18.4 Å². The highest BCUT2D eigenvalue weighted by atomic mass is 32.2. The Hall–Kier alpha value is -2.54. The predicted octanol–water partition coefficient (Wildman–Crippen LogP) is 3.00. The predicted molar refractivity (Wildman–Crippen MR) is 92.8 cm³/mol. The number of fused-ring (bicyclic) bond motifs is 1. The quantitative estimate of drug-likeness (QED) is 0.719. The standard InChI is InChI=1S/C16H17N5OS/c1-10-4-3-5-11(6-10)7-21-8-12(23-16(17)22)13-14(18-2)19-9-20-15(13)21/h3-6,8-9H,7H2,1-2H3,(H2,17,22)(H,18,19,20). The van der Waals surface area contributed by atoms with Crippen LogP contribution in [0.15, 0.2) is 41.7 Å². The first-order valence-electron chi connectivity index (χ1n) is 7.13. The highest BCUT2D eigenvalue weighted by Gasteiger charge is 2.16. The number of anilines is 1. The highest BCUT2D eigenvalue weighted by molar-refractivity contribution is 8.13. The zero-order chi connectivity index (χ0) is 16.4. The normalized spacial score (nSPS) is 10.9. The summed E-state index contributed by atoms with van der Waals surface area (Å²) in [5.74, 6) is 0.682. The van der Waals surface area contributed by atoms with Crippen molar-refractivity contribution in [3.8, 4) is 0 Å². The molecule has 0 aliphatic heterocycles. The molecule has 0 aliphatic rings. The van der Waals surface area contributed by atoms with Crippen LogP contribution in [0.1, 0.15) is 11.1 Å². The van der Waals surface area contributed by atoms with Crippen molar-refractivity contribution in [1.29, 1.82) is 0 Å². The summed E-state index contributed by atoms with van der Waals surface area (Å²) < 4.78 is 2.01. The molecule has 0 radical (unpaired) electrons. The van der Waals surface area contributed by atoms with Crippen LogP contribution in [0.5, 0.6) is 0 Å². The number of nitrogens with one attached hydrogen (secondary N) is 1. The molecular weight excluding hydrogens is 310 g/mol. The number of carbonyl (C=O) groups is 1. The molecule has 0 fully saturated rings. The summed E-state index contributed by atoms with van der Waals surface area (Å²) in [5, 5.41) is 3.40. The lowest BCUT2D eigenvalue weighted by Gasteiger charge is -2.06. The Morgan fingerprint density at radius 3 is 2.91 bits per heavy atom. The van der Waals surface area contributed by atoms with Gasteiger partial charge in [0.25, 0.3) is 5.24 Å². The van der Waals surface area contributed by atoms with Gasteiger partial charge >= 0.3 is 0 Å². The maximum Gasteiger partial charge on any atom is 0.281 e. The molecule has 0 unspecified atom stereocenters. The molecule has 23 heavy (non-hydrogen) atoms. The lowest BCUT2D eigenvalue weighted by Crippen LogP contribution is -2.01. The Morgan fingerprint density at radius 2 is 2.22 bits per heavy atom. The molecule has 3 rings (SSSR count).